The molecule has 2 atom stereocenters. The second-order valence-corrected chi connectivity index (χ2v) is 9.56. The standard InChI is InChI=1S/C29H29N5O.3H2/c35-28(32-23-8-4-7-22(18-23)29-24-12-14-30-25(24)13-15-31-29)11-10-20-5-3-6-21(17-20)26-19-34-16-2-1-9-27(34)33-26;;;/h1-3,5-6,9,12-17,19,22-23,30H,4,7-8,10-11,18H2,(H,32,35);3*1H/t22?,23-;;;/m1.../s1. The van der Waals surface area contributed by atoms with Gasteiger partial charge in [0.05, 0.1) is 11.4 Å². The first-order valence-corrected chi connectivity index (χ1v) is 12.5. The Morgan fingerprint density at radius 2 is 2.11 bits per heavy atom. The summed E-state index contributed by atoms with van der Waals surface area (Å²) < 4.78 is 2.03. The van der Waals surface area contributed by atoms with E-state index in [0.717, 1.165) is 59.4 Å². The van der Waals surface area contributed by atoms with E-state index >= 15 is 0 Å². The van der Waals surface area contributed by atoms with Gasteiger partial charge in [-0.15, -0.1) is 0 Å². The molecule has 1 aromatic carbocycles. The molecule has 1 amide bonds. The first-order valence-electron chi connectivity index (χ1n) is 12.5. The van der Waals surface area contributed by atoms with Crippen molar-refractivity contribution < 1.29 is 9.07 Å². The molecule has 0 radical (unpaired) electrons. The van der Waals surface area contributed by atoms with E-state index in [-0.39, 0.29) is 16.2 Å². The number of benzene rings is 1. The minimum absolute atomic E-state index is 0. The number of fused-ring (bicyclic) bond motifs is 2. The Hall–Kier alpha value is -3.93. The van der Waals surface area contributed by atoms with Gasteiger partial charge in [0.25, 0.3) is 0 Å². The average molecular weight is 470 g/mol. The van der Waals surface area contributed by atoms with Crippen LogP contribution < -0.4 is 5.32 Å². The monoisotopic (exact) mass is 469 g/mol. The molecule has 1 unspecified atom stereocenters. The Kier molecular flexibility index (Phi) is 5.78. The minimum Gasteiger partial charge on any atom is -0.361 e. The maximum atomic E-state index is 12.8. The van der Waals surface area contributed by atoms with Gasteiger partial charge in [-0.3, -0.25) is 9.78 Å². The van der Waals surface area contributed by atoms with Crippen molar-refractivity contribution in [3.05, 3.63) is 90.6 Å². The number of aryl methyl sites for hydroxylation is 1. The molecule has 0 bridgehead atoms. The molecule has 4 heterocycles. The van der Waals surface area contributed by atoms with Gasteiger partial charge in [-0.25, -0.2) is 4.98 Å². The predicted octanol–water partition coefficient (Wildman–Crippen LogP) is 6.39. The Balaban J connectivity index is 0.00000133. The average Bonchev–Trinajstić information content (AvgIpc) is 3.55. The van der Waals surface area contributed by atoms with Crippen LogP contribution in [0.25, 0.3) is 27.8 Å². The van der Waals surface area contributed by atoms with Crippen LogP contribution in [0.4, 0.5) is 0 Å². The van der Waals surface area contributed by atoms with Crippen molar-refractivity contribution >= 4 is 22.5 Å². The highest BCUT2D eigenvalue weighted by molar-refractivity contribution is 5.82. The molecule has 182 valence electrons. The summed E-state index contributed by atoms with van der Waals surface area (Å²) in [5.74, 6) is 0.511. The van der Waals surface area contributed by atoms with E-state index in [0.29, 0.717) is 18.8 Å². The SMILES string of the molecule is O=C(CCc1cccc(-c2cn3ccccc3n2)c1)N[C@@H]1CCCC(c2nccc3[nH]ccc23)C1.[HH].[HH].[HH]. The third-order valence-corrected chi connectivity index (χ3v) is 7.16. The Labute approximate surface area is 208 Å². The highest BCUT2D eigenvalue weighted by atomic mass is 16.1. The van der Waals surface area contributed by atoms with Crippen LogP contribution in [0.15, 0.2) is 79.4 Å². The molecule has 0 saturated heterocycles. The van der Waals surface area contributed by atoms with Crippen LogP contribution in [0.2, 0.25) is 0 Å². The summed E-state index contributed by atoms with van der Waals surface area (Å²) in [7, 11) is 0. The first-order chi connectivity index (χ1) is 17.2. The van der Waals surface area contributed by atoms with Gasteiger partial charge >= 0.3 is 0 Å². The largest absolute Gasteiger partial charge is 0.361 e. The number of carbonyl (C=O) groups excluding carboxylic acids is 1. The van der Waals surface area contributed by atoms with Crippen molar-refractivity contribution in [2.45, 2.75) is 50.5 Å². The fourth-order valence-corrected chi connectivity index (χ4v) is 5.42. The predicted molar refractivity (Wildman–Crippen MR) is 145 cm³/mol. The van der Waals surface area contributed by atoms with Crippen molar-refractivity contribution in [1.82, 2.24) is 24.7 Å². The molecule has 0 spiro atoms. The Bertz CT molecular complexity index is 1460. The van der Waals surface area contributed by atoms with E-state index in [9.17, 15) is 4.79 Å². The first kappa shape index (κ1) is 21.6. The molecule has 1 fully saturated rings. The molecule has 1 aliphatic rings. The Morgan fingerprint density at radius 3 is 3.06 bits per heavy atom. The van der Waals surface area contributed by atoms with E-state index in [2.05, 4.69) is 34.6 Å². The molecule has 0 aliphatic heterocycles. The van der Waals surface area contributed by atoms with Gasteiger partial charge in [-0.05, 0) is 61.6 Å². The van der Waals surface area contributed by atoms with Gasteiger partial charge in [-0.1, -0.05) is 30.7 Å². The minimum atomic E-state index is 0. The van der Waals surface area contributed by atoms with E-state index in [1.807, 2.05) is 59.5 Å². The molecule has 2 N–H and O–H groups in total. The van der Waals surface area contributed by atoms with Crippen molar-refractivity contribution in [3.63, 3.8) is 0 Å². The zero-order valence-corrected chi connectivity index (χ0v) is 19.7. The molecule has 5 aromatic rings. The molecular formula is C29H35N5O. The van der Waals surface area contributed by atoms with Gasteiger partial charge in [0, 0.05) is 63.9 Å². The number of aromatic amines is 1. The molecule has 4 aromatic heterocycles. The number of rotatable bonds is 6. The van der Waals surface area contributed by atoms with E-state index in [1.54, 1.807) is 0 Å². The number of imidazole rings is 1. The second kappa shape index (κ2) is 9.37. The number of carbonyl (C=O) groups is 1. The highest BCUT2D eigenvalue weighted by Crippen LogP contribution is 2.35. The van der Waals surface area contributed by atoms with Crippen LogP contribution >= 0.6 is 0 Å². The summed E-state index contributed by atoms with van der Waals surface area (Å²) in [4.78, 5) is 25.5. The summed E-state index contributed by atoms with van der Waals surface area (Å²) in [5, 5.41) is 4.51. The maximum absolute atomic E-state index is 12.8. The third-order valence-electron chi connectivity index (χ3n) is 7.16. The van der Waals surface area contributed by atoms with E-state index in [4.69, 9.17) is 9.97 Å². The van der Waals surface area contributed by atoms with Crippen LogP contribution in [0.1, 0.15) is 53.6 Å². The number of amides is 1. The number of aromatic nitrogens is 4. The van der Waals surface area contributed by atoms with Gasteiger partial charge in [0.2, 0.25) is 5.91 Å². The third kappa shape index (κ3) is 4.56. The fraction of sp³-hybridized carbons (Fsp3) is 0.276. The zero-order chi connectivity index (χ0) is 23.6. The van der Waals surface area contributed by atoms with Crippen molar-refractivity contribution in [2.75, 3.05) is 0 Å². The summed E-state index contributed by atoms with van der Waals surface area (Å²) in [6, 6.07) is 18.7. The fourth-order valence-electron chi connectivity index (χ4n) is 5.42. The molecule has 6 rings (SSSR count). The van der Waals surface area contributed by atoms with Crippen LogP contribution in [0.5, 0.6) is 0 Å². The van der Waals surface area contributed by atoms with Crippen molar-refractivity contribution in [2.24, 2.45) is 0 Å². The topological polar surface area (TPSA) is 75.1 Å². The van der Waals surface area contributed by atoms with Crippen molar-refractivity contribution in [1.29, 1.82) is 0 Å². The van der Waals surface area contributed by atoms with Gasteiger partial charge in [-0.2, -0.15) is 0 Å². The lowest BCUT2D eigenvalue weighted by molar-refractivity contribution is -0.122. The highest BCUT2D eigenvalue weighted by Gasteiger charge is 2.26. The Morgan fingerprint density at radius 1 is 1.14 bits per heavy atom. The maximum Gasteiger partial charge on any atom is 0.220 e. The molecule has 6 nitrogen and oxygen atoms in total. The lowest BCUT2D eigenvalue weighted by Gasteiger charge is -2.30. The normalized spacial score (nSPS) is 18.2. The summed E-state index contributed by atoms with van der Waals surface area (Å²) >= 11 is 0. The lowest BCUT2D eigenvalue weighted by Crippen LogP contribution is -2.38. The van der Waals surface area contributed by atoms with Gasteiger partial charge in [0.1, 0.15) is 5.65 Å². The van der Waals surface area contributed by atoms with Gasteiger partial charge < -0.3 is 14.7 Å². The van der Waals surface area contributed by atoms with Crippen LogP contribution in [-0.2, 0) is 11.2 Å². The summed E-state index contributed by atoms with van der Waals surface area (Å²) in [5.41, 5.74) is 6.40. The molecule has 1 aliphatic carbocycles. The number of H-pyrrole nitrogens is 1. The molecule has 35 heavy (non-hydrogen) atoms. The van der Waals surface area contributed by atoms with E-state index < -0.39 is 0 Å². The van der Waals surface area contributed by atoms with Crippen LogP contribution in [-0.4, -0.2) is 31.3 Å². The molecule has 1 saturated carbocycles. The smallest absolute Gasteiger partial charge is 0.220 e. The van der Waals surface area contributed by atoms with E-state index in [1.165, 1.54) is 5.39 Å². The quantitative estimate of drug-likeness (QED) is 0.302. The summed E-state index contributed by atoms with van der Waals surface area (Å²) in [6.45, 7) is 0. The molecular weight excluding hydrogens is 434 g/mol. The lowest BCUT2D eigenvalue weighted by atomic mass is 9.82. The number of nitrogens with one attached hydrogen (secondary N) is 2. The van der Waals surface area contributed by atoms with Crippen LogP contribution in [0.3, 0.4) is 0 Å². The summed E-state index contributed by atoms with van der Waals surface area (Å²) in [6.07, 6.45) is 13.3. The number of hydrogen-bond donors (Lipinski definition) is 2. The number of nitrogens with zero attached hydrogens (tertiary/aromatic N) is 3. The molecule has 6 heteroatoms. The number of pyridine rings is 2. The van der Waals surface area contributed by atoms with Gasteiger partial charge in [0.15, 0.2) is 0 Å². The second-order valence-electron chi connectivity index (χ2n) is 9.56. The number of hydrogen-bond acceptors (Lipinski definition) is 3. The van der Waals surface area contributed by atoms with Crippen molar-refractivity contribution in [3.8, 4) is 11.3 Å². The van der Waals surface area contributed by atoms with Crippen LogP contribution in [0, 0.1) is 0 Å². The zero-order valence-electron chi connectivity index (χ0n) is 19.7.